The molecule has 4 rings (SSSR count). The van der Waals surface area contributed by atoms with Crippen molar-refractivity contribution < 1.29 is 38.2 Å². The van der Waals surface area contributed by atoms with Gasteiger partial charge in [0.05, 0.1) is 14.2 Å². The summed E-state index contributed by atoms with van der Waals surface area (Å²) in [6.45, 7) is 8.19. The maximum atomic E-state index is 13.3. The van der Waals surface area contributed by atoms with E-state index in [2.05, 4.69) is 30.7 Å². The van der Waals surface area contributed by atoms with E-state index >= 15 is 0 Å². The second-order valence-corrected chi connectivity index (χ2v) is 14.0. The zero-order valence-corrected chi connectivity index (χ0v) is 30.9. The van der Waals surface area contributed by atoms with Crippen LogP contribution in [0.4, 0.5) is 21.0 Å². The SMILES string of the molecule is COC(=O)NC(C(=O)N1CCCC1C(=O)Nc1ccc(CCc2ccc(NC(=O)C3CCCN3C(=O)C(NC(=O)OC)C(C)C)cc2)cc1)C(C)C. The molecule has 4 unspecified atom stereocenters. The molecule has 4 atom stereocenters. The van der Waals surface area contributed by atoms with Crippen LogP contribution in [0, 0.1) is 11.8 Å². The number of anilines is 2. The maximum Gasteiger partial charge on any atom is 0.407 e. The number of nitrogens with zero attached hydrogens (tertiary/aromatic N) is 2. The van der Waals surface area contributed by atoms with E-state index in [1.807, 2.05) is 76.2 Å². The van der Waals surface area contributed by atoms with Crippen molar-refractivity contribution in [3.63, 3.8) is 0 Å². The van der Waals surface area contributed by atoms with Gasteiger partial charge in [-0.25, -0.2) is 9.59 Å². The zero-order valence-electron chi connectivity index (χ0n) is 30.9. The number of hydrogen-bond acceptors (Lipinski definition) is 8. The third-order valence-electron chi connectivity index (χ3n) is 9.61. The van der Waals surface area contributed by atoms with Gasteiger partial charge in [0, 0.05) is 24.5 Å². The number of ether oxygens (including phenoxy) is 2. The van der Waals surface area contributed by atoms with E-state index in [1.54, 1.807) is 9.80 Å². The highest BCUT2D eigenvalue weighted by Crippen LogP contribution is 2.24. The average Bonchev–Trinajstić information content (AvgIpc) is 3.83. The van der Waals surface area contributed by atoms with Crippen molar-refractivity contribution >= 4 is 47.2 Å². The second-order valence-electron chi connectivity index (χ2n) is 14.0. The van der Waals surface area contributed by atoms with Crippen LogP contribution in [0.1, 0.15) is 64.5 Å². The first kappa shape index (κ1) is 39.6. The van der Waals surface area contributed by atoms with E-state index in [0.29, 0.717) is 50.1 Å². The van der Waals surface area contributed by atoms with Crippen molar-refractivity contribution in [2.75, 3.05) is 37.9 Å². The Balaban J connectivity index is 1.27. The van der Waals surface area contributed by atoms with Gasteiger partial charge in [0.2, 0.25) is 23.6 Å². The highest BCUT2D eigenvalue weighted by Gasteiger charge is 2.40. The number of benzene rings is 2. The Morgan fingerprint density at radius 1 is 0.615 bits per heavy atom. The lowest BCUT2D eigenvalue weighted by atomic mass is 10.0. The minimum atomic E-state index is -0.794. The Kier molecular flexibility index (Phi) is 14.0. The van der Waals surface area contributed by atoms with Crippen LogP contribution in [-0.4, -0.2) is 97.1 Å². The molecule has 52 heavy (non-hydrogen) atoms. The third kappa shape index (κ3) is 10.2. The smallest absolute Gasteiger partial charge is 0.407 e. The molecule has 4 N–H and O–H groups in total. The molecule has 0 saturated carbocycles. The Morgan fingerprint density at radius 2 is 0.962 bits per heavy atom. The predicted molar refractivity (Wildman–Crippen MR) is 195 cm³/mol. The molecule has 0 aromatic heterocycles. The minimum Gasteiger partial charge on any atom is -0.453 e. The molecular weight excluding hydrogens is 668 g/mol. The van der Waals surface area contributed by atoms with E-state index in [9.17, 15) is 28.8 Å². The van der Waals surface area contributed by atoms with Crippen LogP contribution in [-0.2, 0) is 41.5 Å². The van der Waals surface area contributed by atoms with Crippen molar-refractivity contribution in [1.82, 2.24) is 20.4 Å². The normalized spacial score (nSPS) is 18.1. The molecule has 14 nitrogen and oxygen atoms in total. The second kappa shape index (κ2) is 18.4. The van der Waals surface area contributed by atoms with Gasteiger partial charge in [-0.3, -0.25) is 19.2 Å². The topological polar surface area (TPSA) is 175 Å². The first-order chi connectivity index (χ1) is 24.8. The predicted octanol–water partition coefficient (Wildman–Crippen LogP) is 4.09. The molecular formula is C38H52N6O8. The van der Waals surface area contributed by atoms with Gasteiger partial charge < -0.3 is 40.5 Å². The zero-order chi connectivity index (χ0) is 37.9. The van der Waals surface area contributed by atoms with Crippen molar-refractivity contribution in [3.8, 4) is 0 Å². The summed E-state index contributed by atoms with van der Waals surface area (Å²) in [5.41, 5.74) is 3.41. The van der Waals surface area contributed by atoms with Crippen molar-refractivity contribution in [3.05, 3.63) is 59.7 Å². The summed E-state index contributed by atoms with van der Waals surface area (Å²) in [4.78, 5) is 79.8. The van der Waals surface area contributed by atoms with Crippen molar-refractivity contribution in [2.45, 2.75) is 90.4 Å². The molecule has 2 heterocycles. The monoisotopic (exact) mass is 720 g/mol. The van der Waals surface area contributed by atoms with E-state index in [0.717, 1.165) is 24.0 Å². The number of likely N-dealkylation sites (tertiary alicyclic amines) is 2. The Morgan fingerprint density at radius 3 is 1.27 bits per heavy atom. The van der Waals surface area contributed by atoms with E-state index in [-0.39, 0.29) is 35.5 Å². The van der Waals surface area contributed by atoms with Crippen LogP contribution < -0.4 is 21.3 Å². The average molecular weight is 721 g/mol. The van der Waals surface area contributed by atoms with Gasteiger partial charge in [-0.15, -0.1) is 0 Å². The lowest BCUT2D eigenvalue weighted by Gasteiger charge is -2.30. The van der Waals surface area contributed by atoms with Crippen LogP contribution in [0.2, 0.25) is 0 Å². The van der Waals surface area contributed by atoms with Gasteiger partial charge in [0.25, 0.3) is 0 Å². The van der Waals surface area contributed by atoms with Crippen molar-refractivity contribution in [2.24, 2.45) is 11.8 Å². The third-order valence-corrected chi connectivity index (χ3v) is 9.61. The maximum absolute atomic E-state index is 13.3. The lowest BCUT2D eigenvalue weighted by molar-refractivity contribution is -0.139. The fourth-order valence-electron chi connectivity index (χ4n) is 6.61. The van der Waals surface area contributed by atoms with Gasteiger partial charge in [0.1, 0.15) is 24.2 Å². The summed E-state index contributed by atoms with van der Waals surface area (Å²) in [5, 5.41) is 11.1. The summed E-state index contributed by atoms with van der Waals surface area (Å²) in [7, 11) is 2.48. The number of alkyl carbamates (subject to hydrolysis) is 2. The van der Waals surface area contributed by atoms with E-state index < -0.39 is 36.4 Å². The van der Waals surface area contributed by atoms with Crippen LogP contribution in [0.3, 0.4) is 0 Å². The molecule has 2 aromatic rings. The first-order valence-corrected chi connectivity index (χ1v) is 17.9. The number of rotatable bonds is 13. The number of nitrogens with one attached hydrogen (secondary N) is 4. The molecule has 0 spiro atoms. The van der Waals surface area contributed by atoms with E-state index in [1.165, 1.54) is 14.2 Å². The summed E-state index contributed by atoms with van der Waals surface area (Å²) >= 11 is 0. The summed E-state index contributed by atoms with van der Waals surface area (Å²) in [6.07, 6.45) is 2.58. The number of aryl methyl sites for hydroxylation is 2. The Hall–Kier alpha value is -5.14. The standard InChI is InChI=1S/C38H52N6O8/c1-23(2)31(41-37(49)51-5)35(47)43-21-7-9-29(43)33(45)39-27-17-13-25(14-18-27)11-12-26-15-19-28(20-16-26)40-34(46)30-10-8-22-44(30)36(48)32(24(3)4)42-38(50)52-6/h13-20,23-24,29-32H,7-12,21-22H2,1-6H3,(H,39,45)(H,40,46)(H,41,49)(H,42,50). The number of carbonyl (C=O) groups is 6. The molecule has 0 aliphatic carbocycles. The fraction of sp³-hybridized carbons (Fsp3) is 0.526. The van der Waals surface area contributed by atoms with Crippen LogP contribution in [0.5, 0.6) is 0 Å². The summed E-state index contributed by atoms with van der Waals surface area (Å²) in [5.74, 6) is -1.51. The molecule has 0 bridgehead atoms. The number of carbonyl (C=O) groups excluding carboxylic acids is 6. The van der Waals surface area contributed by atoms with Gasteiger partial charge in [-0.05, 0) is 85.8 Å². The van der Waals surface area contributed by atoms with Crippen molar-refractivity contribution in [1.29, 1.82) is 0 Å². The first-order valence-electron chi connectivity index (χ1n) is 17.9. The fourth-order valence-corrected chi connectivity index (χ4v) is 6.61. The molecule has 2 aliphatic heterocycles. The number of hydrogen-bond donors (Lipinski definition) is 4. The molecule has 2 aromatic carbocycles. The summed E-state index contributed by atoms with van der Waals surface area (Å²) in [6, 6.07) is 12.3. The molecule has 6 amide bonds. The van der Waals surface area contributed by atoms with Gasteiger partial charge >= 0.3 is 12.2 Å². The number of amides is 6. The van der Waals surface area contributed by atoms with Crippen LogP contribution in [0.15, 0.2) is 48.5 Å². The molecule has 2 fully saturated rings. The Bertz CT molecular complexity index is 1460. The van der Waals surface area contributed by atoms with Crippen LogP contribution in [0.25, 0.3) is 0 Å². The molecule has 2 aliphatic rings. The Labute approximate surface area is 305 Å². The van der Waals surface area contributed by atoms with E-state index in [4.69, 9.17) is 0 Å². The molecule has 14 heteroatoms. The van der Waals surface area contributed by atoms with Gasteiger partial charge in [-0.2, -0.15) is 0 Å². The molecule has 282 valence electrons. The van der Waals surface area contributed by atoms with Crippen LogP contribution >= 0.6 is 0 Å². The largest absolute Gasteiger partial charge is 0.453 e. The highest BCUT2D eigenvalue weighted by molar-refractivity contribution is 5.99. The highest BCUT2D eigenvalue weighted by atomic mass is 16.5. The summed E-state index contributed by atoms with van der Waals surface area (Å²) < 4.78 is 9.35. The molecule has 2 saturated heterocycles. The minimum absolute atomic E-state index is 0.184. The van der Waals surface area contributed by atoms with Gasteiger partial charge in [0.15, 0.2) is 0 Å². The number of methoxy groups -OCH3 is 2. The van der Waals surface area contributed by atoms with Gasteiger partial charge in [-0.1, -0.05) is 52.0 Å². The molecule has 0 radical (unpaired) electrons. The lowest BCUT2D eigenvalue weighted by Crippen LogP contribution is -2.54. The quantitative estimate of drug-likeness (QED) is 0.239.